The molecule has 6 nitrogen and oxygen atoms in total. The molecule has 1 aliphatic heterocycles. The maximum absolute atomic E-state index is 14.2. The molecule has 0 fully saturated rings. The molecule has 2 amide bonds. The van der Waals surface area contributed by atoms with Gasteiger partial charge in [0.05, 0.1) is 5.71 Å². The summed E-state index contributed by atoms with van der Waals surface area (Å²) in [6.45, 7) is 1.60. The standard InChI is InChI=1S/C25H17Cl3F3N3O3/c1-13-7-14(5-6-20(13)23(36)33-32-22(35)15-3-2-4-17(26)8-15)21-12-24(37-34-21,25(29,30)31)16-9-18(27)11-19(28)10-16/h2-11H,12H2,1H3,(H,32,35)(H,33,36). The Morgan fingerprint density at radius 2 is 1.59 bits per heavy atom. The number of carbonyl (C=O) groups is 2. The first-order valence-electron chi connectivity index (χ1n) is 10.7. The van der Waals surface area contributed by atoms with Crippen molar-refractivity contribution in [2.24, 2.45) is 5.16 Å². The van der Waals surface area contributed by atoms with E-state index in [1.54, 1.807) is 19.1 Å². The molecular weight excluding hydrogens is 554 g/mol. The highest BCUT2D eigenvalue weighted by molar-refractivity contribution is 6.34. The van der Waals surface area contributed by atoms with Crippen LogP contribution in [-0.4, -0.2) is 23.7 Å². The SMILES string of the molecule is Cc1cc(C2=NOC(c3cc(Cl)cc(Cl)c3)(C(F)(F)F)C2)ccc1C(=O)NNC(=O)c1cccc(Cl)c1. The molecule has 0 saturated heterocycles. The number of halogens is 6. The molecule has 4 rings (SSSR count). The smallest absolute Gasteiger partial charge is 0.374 e. The Hall–Kier alpha value is -3.27. The lowest BCUT2D eigenvalue weighted by Crippen LogP contribution is -2.42. The number of oxime groups is 1. The van der Waals surface area contributed by atoms with E-state index in [1.807, 2.05) is 0 Å². The Kier molecular flexibility index (Phi) is 7.41. The van der Waals surface area contributed by atoms with Crippen molar-refractivity contribution in [1.82, 2.24) is 10.9 Å². The fourth-order valence-electron chi connectivity index (χ4n) is 3.83. The highest BCUT2D eigenvalue weighted by Gasteiger charge is 2.62. The van der Waals surface area contributed by atoms with Gasteiger partial charge in [0.15, 0.2) is 0 Å². The van der Waals surface area contributed by atoms with E-state index < -0.39 is 30.0 Å². The molecule has 0 radical (unpaired) electrons. The third-order valence-electron chi connectivity index (χ3n) is 5.70. The fraction of sp³-hybridized carbons (Fsp3) is 0.160. The number of nitrogens with zero attached hydrogens (tertiary/aromatic N) is 1. The minimum Gasteiger partial charge on any atom is -0.374 e. The maximum atomic E-state index is 14.2. The summed E-state index contributed by atoms with van der Waals surface area (Å²) in [6.07, 6.45) is -5.46. The molecule has 0 aliphatic carbocycles. The lowest BCUT2D eigenvalue weighted by atomic mass is 9.86. The zero-order chi connectivity index (χ0) is 27.0. The summed E-state index contributed by atoms with van der Waals surface area (Å²) >= 11 is 17.7. The van der Waals surface area contributed by atoms with E-state index in [0.29, 0.717) is 16.1 Å². The molecular formula is C25H17Cl3F3N3O3. The molecule has 3 aromatic carbocycles. The quantitative estimate of drug-likeness (QED) is 0.346. The van der Waals surface area contributed by atoms with Crippen molar-refractivity contribution < 1.29 is 27.6 Å². The van der Waals surface area contributed by atoms with Crippen LogP contribution in [0.1, 0.15) is 43.8 Å². The number of hydrazine groups is 1. The second-order valence-corrected chi connectivity index (χ2v) is 9.55. The van der Waals surface area contributed by atoms with Gasteiger partial charge in [-0.2, -0.15) is 13.2 Å². The summed E-state index contributed by atoms with van der Waals surface area (Å²) in [5.41, 5.74) is 2.77. The summed E-state index contributed by atoms with van der Waals surface area (Å²) in [7, 11) is 0. The van der Waals surface area contributed by atoms with E-state index in [9.17, 15) is 22.8 Å². The van der Waals surface area contributed by atoms with Crippen molar-refractivity contribution in [1.29, 1.82) is 0 Å². The third-order valence-corrected chi connectivity index (χ3v) is 6.37. The van der Waals surface area contributed by atoms with Crippen LogP contribution in [0.3, 0.4) is 0 Å². The van der Waals surface area contributed by atoms with Crippen LogP contribution in [0.4, 0.5) is 13.2 Å². The van der Waals surface area contributed by atoms with E-state index in [4.69, 9.17) is 39.6 Å². The minimum atomic E-state index is -4.83. The third kappa shape index (κ3) is 5.53. The number of aryl methyl sites for hydroxylation is 1. The summed E-state index contributed by atoms with van der Waals surface area (Å²) in [4.78, 5) is 29.8. The molecule has 12 heteroatoms. The summed E-state index contributed by atoms with van der Waals surface area (Å²) in [5, 5.41) is 4.13. The molecule has 1 heterocycles. The molecule has 192 valence electrons. The number of hydrogen-bond acceptors (Lipinski definition) is 4. The minimum absolute atomic E-state index is 0.0248. The molecule has 1 aliphatic rings. The van der Waals surface area contributed by atoms with Crippen LogP contribution in [0.2, 0.25) is 15.1 Å². The number of rotatable bonds is 4. The Morgan fingerprint density at radius 3 is 2.22 bits per heavy atom. The van der Waals surface area contributed by atoms with Gasteiger partial charge in [-0.05, 0) is 66.6 Å². The van der Waals surface area contributed by atoms with Gasteiger partial charge in [-0.1, -0.05) is 52.1 Å². The first-order valence-corrected chi connectivity index (χ1v) is 11.8. The molecule has 0 aromatic heterocycles. The van der Waals surface area contributed by atoms with Crippen molar-refractivity contribution in [3.05, 3.63) is 104 Å². The van der Waals surface area contributed by atoms with Crippen LogP contribution in [0, 0.1) is 6.92 Å². The molecule has 3 aromatic rings. The van der Waals surface area contributed by atoms with Gasteiger partial charge in [0, 0.05) is 38.2 Å². The topological polar surface area (TPSA) is 79.8 Å². The van der Waals surface area contributed by atoms with E-state index in [2.05, 4.69) is 16.0 Å². The lowest BCUT2D eigenvalue weighted by Gasteiger charge is -2.29. The van der Waals surface area contributed by atoms with Gasteiger partial charge >= 0.3 is 6.18 Å². The van der Waals surface area contributed by atoms with Gasteiger partial charge in [0.1, 0.15) is 0 Å². The number of carbonyl (C=O) groups excluding carboxylic acids is 2. The maximum Gasteiger partial charge on any atom is 0.435 e. The fourth-order valence-corrected chi connectivity index (χ4v) is 4.54. The van der Waals surface area contributed by atoms with Gasteiger partial charge < -0.3 is 4.84 Å². The monoisotopic (exact) mass is 569 g/mol. The van der Waals surface area contributed by atoms with Crippen molar-refractivity contribution >= 4 is 52.3 Å². The van der Waals surface area contributed by atoms with Gasteiger partial charge in [-0.25, -0.2) is 0 Å². The number of hydrogen-bond donors (Lipinski definition) is 2. The first-order chi connectivity index (χ1) is 17.4. The Bertz CT molecular complexity index is 1410. The lowest BCUT2D eigenvalue weighted by molar-refractivity contribution is -0.275. The van der Waals surface area contributed by atoms with Crippen LogP contribution >= 0.6 is 34.8 Å². The van der Waals surface area contributed by atoms with Gasteiger partial charge in [-0.15, -0.1) is 0 Å². The molecule has 1 unspecified atom stereocenters. The Labute approximate surface area is 224 Å². The molecule has 2 N–H and O–H groups in total. The predicted molar refractivity (Wildman–Crippen MR) is 134 cm³/mol. The largest absolute Gasteiger partial charge is 0.435 e. The number of nitrogens with one attached hydrogen (secondary N) is 2. The average Bonchev–Trinajstić information content (AvgIpc) is 3.29. The highest BCUT2D eigenvalue weighted by Crippen LogP contribution is 2.49. The number of alkyl halides is 3. The molecule has 0 spiro atoms. The van der Waals surface area contributed by atoms with E-state index >= 15 is 0 Å². The van der Waals surface area contributed by atoms with E-state index in [1.165, 1.54) is 36.4 Å². The second kappa shape index (κ2) is 10.2. The summed E-state index contributed by atoms with van der Waals surface area (Å²) in [6, 6.07) is 14.1. The molecule has 1 atom stereocenters. The molecule has 37 heavy (non-hydrogen) atoms. The normalized spacial score (nSPS) is 17.1. The van der Waals surface area contributed by atoms with Crippen LogP contribution in [0.5, 0.6) is 0 Å². The number of benzene rings is 3. The zero-order valence-electron chi connectivity index (χ0n) is 18.9. The van der Waals surface area contributed by atoms with Gasteiger partial charge in [0.2, 0.25) is 0 Å². The van der Waals surface area contributed by atoms with E-state index in [-0.39, 0.29) is 32.4 Å². The van der Waals surface area contributed by atoms with Crippen molar-refractivity contribution in [2.45, 2.75) is 25.1 Å². The summed E-state index contributed by atoms with van der Waals surface area (Å²) < 4.78 is 42.7. The first kappa shape index (κ1) is 26.8. The van der Waals surface area contributed by atoms with E-state index in [0.717, 1.165) is 12.1 Å². The van der Waals surface area contributed by atoms with Crippen LogP contribution < -0.4 is 10.9 Å². The Morgan fingerprint density at radius 1 is 0.919 bits per heavy atom. The number of amides is 2. The molecule has 0 bridgehead atoms. The summed E-state index contributed by atoms with van der Waals surface area (Å²) in [5.74, 6) is -1.20. The predicted octanol–water partition coefficient (Wildman–Crippen LogP) is 6.61. The van der Waals surface area contributed by atoms with Gasteiger partial charge in [0.25, 0.3) is 17.4 Å². The Balaban J connectivity index is 1.51. The second-order valence-electron chi connectivity index (χ2n) is 8.24. The molecule has 0 saturated carbocycles. The van der Waals surface area contributed by atoms with Crippen molar-refractivity contribution in [3.8, 4) is 0 Å². The van der Waals surface area contributed by atoms with Gasteiger partial charge in [-0.3, -0.25) is 20.4 Å². The van der Waals surface area contributed by atoms with Crippen LogP contribution in [-0.2, 0) is 10.4 Å². The highest BCUT2D eigenvalue weighted by atomic mass is 35.5. The van der Waals surface area contributed by atoms with Crippen LogP contribution in [0.25, 0.3) is 0 Å². The average molecular weight is 571 g/mol. The van der Waals surface area contributed by atoms with Crippen LogP contribution in [0.15, 0.2) is 65.8 Å². The van der Waals surface area contributed by atoms with Crippen molar-refractivity contribution in [2.75, 3.05) is 0 Å². The zero-order valence-corrected chi connectivity index (χ0v) is 21.2. The van der Waals surface area contributed by atoms with Crippen molar-refractivity contribution in [3.63, 3.8) is 0 Å².